The van der Waals surface area contributed by atoms with Crippen LogP contribution >= 0.6 is 0 Å². The first kappa shape index (κ1) is 13.3. The van der Waals surface area contributed by atoms with E-state index in [4.69, 9.17) is 0 Å². The first-order valence-corrected chi connectivity index (χ1v) is 6.16. The normalized spacial score (nSPS) is 18.5. The van der Waals surface area contributed by atoms with Gasteiger partial charge in [-0.1, -0.05) is 0 Å². The highest BCUT2D eigenvalue weighted by atomic mass is 16.2. The van der Waals surface area contributed by atoms with Crippen molar-refractivity contribution in [1.29, 1.82) is 5.26 Å². The molecule has 1 fully saturated rings. The van der Waals surface area contributed by atoms with E-state index in [1.165, 1.54) is 18.5 Å². The standard InChI is InChI=1S/C13H16N4O2/c1-17-6-3-13(9-14,4-7-17)16-12(19)10-8-15-5-2-11(10)18/h2,5,8H,3-4,6-7H2,1H3,(H,15,18)(H,16,19). The van der Waals surface area contributed by atoms with E-state index >= 15 is 0 Å². The molecule has 1 amide bonds. The van der Waals surface area contributed by atoms with Crippen LogP contribution in [0.15, 0.2) is 23.3 Å². The fourth-order valence-corrected chi connectivity index (χ4v) is 2.14. The van der Waals surface area contributed by atoms with Gasteiger partial charge in [-0.05, 0) is 19.9 Å². The average Bonchev–Trinajstić information content (AvgIpc) is 2.42. The van der Waals surface area contributed by atoms with Crippen molar-refractivity contribution in [2.45, 2.75) is 18.4 Å². The Morgan fingerprint density at radius 1 is 1.53 bits per heavy atom. The Bertz CT molecular complexity index is 564. The monoisotopic (exact) mass is 260 g/mol. The van der Waals surface area contributed by atoms with Crippen molar-refractivity contribution >= 4 is 5.91 Å². The summed E-state index contributed by atoms with van der Waals surface area (Å²) in [6.45, 7) is 1.50. The topological polar surface area (TPSA) is 89.0 Å². The summed E-state index contributed by atoms with van der Waals surface area (Å²) >= 11 is 0. The number of carbonyl (C=O) groups excluding carboxylic acids is 1. The summed E-state index contributed by atoms with van der Waals surface area (Å²) in [5.41, 5.74) is -1.18. The zero-order valence-corrected chi connectivity index (χ0v) is 10.8. The maximum Gasteiger partial charge on any atom is 0.257 e. The number of pyridine rings is 1. The molecular formula is C13H16N4O2. The first-order chi connectivity index (χ1) is 9.06. The number of likely N-dealkylation sites (tertiary alicyclic amines) is 1. The maximum atomic E-state index is 12.1. The third-order valence-corrected chi connectivity index (χ3v) is 3.48. The lowest BCUT2D eigenvalue weighted by Gasteiger charge is -2.35. The fraction of sp³-hybridized carbons (Fsp3) is 0.462. The predicted molar refractivity (Wildman–Crippen MR) is 69.6 cm³/mol. The highest BCUT2D eigenvalue weighted by Crippen LogP contribution is 2.21. The number of piperidine rings is 1. The smallest absolute Gasteiger partial charge is 0.257 e. The van der Waals surface area contributed by atoms with Crippen LogP contribution in [0.2, 0.25) is 0 Å². The number of aromatic nitrogens is 1. The zero-order chi connectivity index (χ0) is 13.9. The van der Waals surface area contributed by atoms with E-state index in [2.05, 4.69) is 21.3 Å². The molecule has 19 heavy (non-hydrogen) atoms. The van der Waals surface area contributed by atoms with Crippen molar-refractivity contribution in [3.05, 3.63) is 34.2 Å². The number of nitriles is 1. The minimum atomic E-state index is -0.869. The lowest BCUT2D eigenvalue weighted by molar-refractivity contribution is 0.0880. The minimum absolute atomic E-state index is 0.0380. The lowest BCUT2D eigenvalue weighted by atomic mass is 9.89. The van der Waals surface area contributed by atoms with Crippen molar-refractivity contribution < 1.29 is 4.79 Å². The molecule has 1 saturated heterocycles. The molecule has 2 N–H and O–H groups in total. The van der Waals surface area contributed by atoms with E-state index in [1.54, 1.807) is 0 Å². The number of hydrogen-bond donors (Lipinski definition) is 2. The van der Waals surface area contributed by atoms with E-state index in [1.807, 2.05) is 7.05 Å². The van der Waals surface area contributed by atoms with Gasteiger partial charge in [0.2, 0.25) is 0 Å². The number of H-pyrrole nitrogens is 1. The van der Waals surface area contributed by atoms with Gasteiger partial charge in [0.25, 0.3) is 5.91 Å². The van der Waals surface area contributed by atoms with Crippen LogP contribution in [0, 0.1) is 11.3 Å². The molecular weight excluding hydrogens is 244 g/mol. The number of amides is 1. The third-order valence-electron chi connectivity index (χ3n) is 3.48. The van der Waals surface area contributed by atoms with Gasteiger partial charge in [0.1, 0.15) is 11.1 Å². The van der Waals surface area contributed by atoms with Gasteiger partial charge in [0.15, 0.2) is 5.43 Å². The molecule has 0 spiro atoms. The second-order valence-corrected chi connectivity index (χ2v) is 4.87. The Kier molecular flexibility index (Phi) is 3.67. The molecule has 6 heteroatoms. The molecule has 0 atom stereocenters. The van der Waals surface area contributed by atoms with Gasteiger partial charge in [0, 0.05) is 31.5 Å². The Hall–Kier alpha value is -2.13. The predicted octanol–water partition coefficient (Wildman–Crippen LogP) is 0.0927. The number of hydrogen-bond acceptors (Lipinski definition) is 4. The van der Waals surface area contributed by atoms with Gasteiger partial charge in [-0.15, -0.1) is 0 Å². The van der Waals surface area contributed by atoms with Crippen LogP contribution in [0.25, 0.3) is 0 Å². The number of nitrogens with zero attached hydrogens (tertiary/aromatic N) is 2. The molecule has 0 bridgehead atoms. The summed E-state index contributed by atoms with van der Waals surface area (Å²) in [7, 11) is 1.98. The quantitative estimate of drug-likeness (QED) is 0.789. The van der Waals surface area contributed by atoms with E-state index in [9.17, 15) is 14.9 Å². The van der Waals surface area contributed by atoms with E-state index in [0.29, 0.717) is 12.8 Å². The molecule has 0 saturated carbocycles. The fourth-order valence-electron chi connectivity index (χ4n) is 2.14. The molecule has 1 aliphatic heterocycles. The largest absolute Gasteiger partial charge is 0.367 e. The van der Waals surface area contributed by atoms with Crippen molar-refractivity contribution in [3.63, 3.8) is 0 Å². The van der Waals surface area contributed by atoms with Crippen LogP contribution in [0.4, 0.5) is 0 Å². The van der Waals surface area contributed by atoms with E-state index in [0.717, 1.165) is 13.1 Å². The number of rotatable bonds is 2. The maximum absolute atomic E-state index is 12.1. The molecule has 0 aliphatic carbocycles. The second kappa shape index (κ2) is 5.24. The van der Waals surface area contributed by atoms with Gasteiger partial charge in [-0.25, -0.2) is 0 Å². The Morgan fingerprint density at radius 3 is 2.79 bits per heavy atom. The number of carbonyl (C=O) groups is 1. The van der Waals surface area contributed by atoms with Crippen molar-refractivity contribution in [1.82, 2.24) is 15.2 Å². The van der Waals surface area contributed by atoms with Crippen LogP contribution in [0.3, 0.4) is 0 Å². The molecule has 1 aromatic rings. The lowest BCUT2D eigenvalue weighted by Crippen LogP contribution is -2.54. The summed E-state index contributed by atoms with van der Waals surface area (Å²) in [5, 5.41) is 12.0. The van der Waals surface area contributed by atoms with E-state index in [-0.39, 0.29) is 11.0 Å². The molecule has 0 aromatic carbocycles. The van der Waals surface area contributed by atoms with Gasteiger partial charge in [-0.2, -0.15) is 5.26 Å². The van der Waals surface area contributed by atoms with Crippen LogP contribution < -0.4 is 10.7 Å². The summed E-state index contributed by atoms with van der Waals surface area (Å²) in [4.78, 5) is 28.5. The first-order valence-electron chi connectivity index (χ1n) is 6.16. The van der Waals surface area contributed by atoms with Gasteiger partial charge in [0.05, 0.1) is 6.07 Å². The third kappa shape index (κ3) is 2.83. The Labute approximate surface area is 111 Å². The molecule has 2 heterocycles. The van der Waals surface area contributed by atoms with Crippen molar-refractivity contribution in [2.24, 2.45) is 0 Å². The molecule has 100 valence electrons. The zero-order valence-electron chi connectivity index (χ0n) is 10.8. The van der Waals surface area contributed by atoms with Crippen LogP contribution in [-0.4, -0.2) is 41.5 Å². The molecule has 1 aromatic heterocycles. The Balaban J connectivity index is 2.16. The summed E-state index contributed by atoms with van der Waals surface area (Å²) < 4.78 is 0. The van der Waals surface area contributed by atoms with Crippen LogP contribution in [0.5, 0.6) is 0 Å². The number of aromatic amines is 1. The van der Waals surface area contributed by atoms with Crippen LogP contribution in [0.1, 0.15) is 23.2 Å². The summed E-state index contributed by atoms with van der Waals surface area (Å²) in [6, 6.07) is 3.48. The van der Waals surface area contributed by atoms with Crippen molar-refractivity contribution in [2.75, 3.05) is 20.1 Å². The van der Waals surface area contributed by atoms with Gasteiger partial charge >= 0.3 is 0 Å². The highest BCUT2D eigenvalue weighted by Gasteiger charge is 2.35. The Morgan fingerprint density at radius 2 is 2.21 bits per heavy atom. The second-order valence-electron chi connectivity index (χ2n) is 4.87. The summed E-state index contributed by atoms with van der Waals surface area (Å²) in [5.74, 6) is -0.493. The molecule has 0 radical (unpaired) electrons. The average molecular weight is 260 g/mol. The molecule has 2 rings (SSSR count). The molecule has 1 aliphatic rings. The highest BCUT2D eigenvalue weighted by molar-refractivity contribution is 5.94. The van der Waals surface area contributed by atoms with Gasteiger partial charge < -0.3 is 15.2 Å². The molecule has 6 nitrogen and oxygen atoms in total. The summed E-state index contributed by atoms with van der Waals surface area (Å²) in [6.07, 6.45) is 3.96. The minimum Gasteiger partial charge on any atom is -0.367 e. The van der Waals surface area contributed by atoms with Crippen molar-refractivity contribution in [3.8, 4) is 6.07 Å². The van der Waals surface area contributed by atoms with E-state index < -0.39 is 11.4 Å². The van der Waals surface area contributed by atoms with Gasteiger partial charge in [-0.3, -0.25) is 9.59 Å². The SMILES string of the molecule is CN1CCC(C#N)(NC(=O)c2c[nH]ccc2=O)CC1. The van der Waals surface area contributed by atoms with Crippen LogP contribution in [-0.2, 0) is 0 Å². The number of nitrogens with one attached hydrogen (secondary N) is 2. The molecule has 0 unspecified atom stereocenters.